The highest BCUT2D eigenvalue weighted by Crippen LogP contribution is 2.31. The van der Waals surface area contributed by atoms with Gasteiger partial charge in [-0.05, 0) is 38.0 Å². The normalized spacial score (nSPS) is 17.7. The summed E-state index contributed by atoms with van der Waals surface area (Å²) in [6.45, 7) is 7.89. The number of amides is 1. The highest BCUT2D eigenvalue weighted by molar-refractivity contribution is 5.94. The predicted octanol–water partition coefficient (Wildman–Crippen LogP) is 3.41. The van der Waals surface area contributed by atoms with Crippen LogP contribution in [0.25, 0.3) is 0 Å². The minimum atomic E-state index is -0.135. The third kappa shape index (κ3) is 5.83. The van der Waals surface area contributed by atoms with Gasteiger partial charge in [0.25, 0.3) is 0 Å². The molecule has 0 saturated heterocycles. The SMILES string of the molecule is CN=C(NCC1CC(=O)Nc2ccccc21)NCC(C)(C)NC(C)c1ccccc1. The molecular weight excluding hydrogens is 374 g/mol. The lowest BCUT2D eigenvalue weighted by molar-refractivity contribution is -0.116. The molecule has 160 valence electrons. The van der Waals surface area contributed by atoms with E-state index in [1.165, 1.54) is 11.1 Å². The molecule has 1 amide bonds. The number of aliphatic imine (C=N–C) groups is 1. The Balaban J connectivity index is 1.53. The van der Waals surface area contributed by atoms with E-state index in [1.54, 1.807) is 7.05 Å². The molecule has 0 radical (unpaired) electrons. The predicted molar refractivity (Wildman–Crippen MR) is 124 cm³/mol. The maximum Gasteiger partial charge on any atom is 0.225 e. The minimum absolute atomic E-state index is 0.0590. The second-order valence-corrected chi connectivity index (χ2v) is 8.50. The molecule has 2 aromatic carbocycles. The van der Waals surface area contributed by atoms with Gasteiger partial charge in [0, 0.05) is 49.7 Å². The molecule has 6 heteroatoms. The topological polar surface area (TPSA) is 77.5 Å². The Kier molecular flexibility index (Phi) is 7.11. The summed E-state index contributed by atoms with van der Waals surface area (Å²) in [5.74, 6) is 0.919. The van der Waals surface area contributed by atoms with Crippen LogP contribution in [0.15, 0.2) is 59.6 Å². The molecule has 30 heavy (non-hydrogen) atoms. The molecule has 2 unspecified atom stereocenters. The van der Waals surface area contributed by atoms with Crippen LogP contribution in [0.1, 0.15) is 50.3 Å². The maximum absolute atomic E-state index is 12.0. The summed E-state index contributed by atoms with van der Waals surface area (Å²) in [6.07, 6.45) is 0.475. The van der Waals surface area contributed by atoms with Gasteiger partial charge in [0.15, 0.2) is 5.96 Å². The number of hydrogen-bond donors (Lipinski definition) is 4. The number of carbonyl (C=O) groups is 1. The van der Waals surface area contributed by atoms with Gasteiger partial charge in [-0.3, -0.25) is 9.79 Å². The summed E-state index contributed by atoms with van der Waals surface area (Å²) < 4.78 is 0. The molecule has 1 heterocycles. The Hall–Kier alpha value is -2.86. The van der Waals surface area contributed by atoms with E-state index in [0.717, 1.165) is 11.6 Å². The molecule has 6 nitrogen and oxygen atoms in total. The van der Waals surface area contributed by atoms with Crippen molar-refractivity contribution >= 4 is 17.6 Å². The van der Waals surface area contributed by atoms with E-state index >= 15 is 0 Å². The van der Waals surface area contributed by atoms with Gasteiger partial charge in [-0.25, -0.2) is 0 Å². The molecule has 0 bridgehead atoms. The first kappa shape index (κ1) is 21.8. The number of rotatable bonds is 7. The van der Waals surface area contributed by atoms with Gasteiger partial charge in [-0.15, -0.1) is 0 Å². The summed E-state index contributed by atoms with van der Waals surface area (Å²) in [6, 6.07) is 18.7. The first-order valence-electron chi connectivity index (χ1n) is 10.5. The van der Waals surface area contributed by atoms with E-state index in [1.807, 2.05) is 24.3 Å². The average Bonchev–Trinajstić information content (AvgIpc) is 2.74. The molecule has 1 aliphatic heterocycles. The first-order chi connectivity index (χ1) is 14.4. The monoisotopic (exact) mass is 407 g/mol. The van der Waals surface area contributed by atoms with Crippen LogP contribution in [0.5, 0.6) is 0 Å². The number of fused-ring (bicyclic) bond motifs is 1. The van der Waals surface area contributed by atoms with Gasteiger partial charge in [-0.1, -0.05) is 48.5 Å². The molecule has 2 atom stereocenters. The Bertz CT molecular complexity index is 878. The van der Waals surface area contributed by atoms with Crippen LogP contribution >= 0.6 is 0 Å². The average molecular weight is 408 g/mol. The van der Waals surface area contributed by atoms with Crippen LogP contribution in [-0.4, -0.2) is 37.5 Å². The molecular formula is C24H33N5O. The summed E-state index contributed by atoms with van der Waals surface area (Å²) in [5, 5.41) is 13.4. The van der Waals surface area contributed by atoms with E-state index in [2.05, 4.69) is 77.4 Å². The highest BCUT2D eigenvalue weighted by Gasteiger charge is 2.25. The molecule has 0 saturated carbocycles. The van der Waals surface area contributed by atoms with Crippen molar-refractivity contribution in [1.29, 1.82) is 0 Å². The third-order valence-corrected chi connectivity index (χ3v) is 5.45. The highest BCUT2D eigenvalue weighted by atomic mass is 16.1. The number of nitrogens with zero attached hydrogens (tertiary/aromatic N) is 1. The van der Waals surface area contributed by atoms with Crippen LogP contribution in [-0.2, 0) is 4.79 Å². The quantitative estimate of drug-likeness (QED) is 0.419. The maximum atomic E-state index is 12.0. The molecule has 3 rings (SSSR count). The third-order valence-electron chi connectivity index (χ3n) is 5.45. The Morgan fingerprint density at radius 1 is 1.13 bits per heavy atom. The van der Waals surface area contributed by atoms with Crippen LogP contribution < -0.4 is 21.3 Å². The standard InChI is InChI=1S/C24H33N5O/c1-17(18-10-6-5-7-11-18)29-24(2,3)16-27-23(25-4)26-15-19-14-22(30)28-21-13-9-8-12-20(19)21/h5-13,17,19,29H,14-16H2,1-4H3,(H,28,30)(H2,25,26,27). The van der Waals surface area contributed by atoms with E-state index in [0.29, 0.717) is 19.5 Å². The van der Waals surface area contributed by atoms with Crippen molar-refractivity contribution in [3.63, 3.8) is 0 Å². The summed E-state index contributed by atoms with van der Waals surface area (Å²) in [7, 11) is 1.77. The summed E-state index contributed by atoms with van der Waals surface area (Å²) in [5.41, 5.74) is 3.20. The van der Waals surface area contributed by atoms with E-state index in [-0.39, 0.29) is 23.4 Å². The van der Waals surface area contributed by atoms with Crippen molar-refractivity contribution in [3.05, 3.63) is 65.7 Å². The van der Waals surface area contributed by atoms with Crippen molar-refractivity contribution in [1.82, 2.24) is 16.0 Å². The van der Waals surface area contributed by atoms with E-state index < -0.39 is 0 Å². The Morgan fingerprint density at radius 3 is 2.57 bits per heavy atom. The smallest absolute Gasteiger partial charge is 0.225 e. The second kappa shape index (κ2) is 9.76. The number of nitrogens with one attached hydrogen (secondary N) is 4. The fraction of sp³-hybridized carbons (Fsp3) is 0.417. The largest absolute Gasteiger partial charge is 0.356 e. The fourth-order valence-corrected chi connectivity index (χ4v) is 3.89. The van der Waals surface area contributed by atoms with Crippen LogP contribution in [0, 0.1) is 0 Å². The Labute approximate surface area is 179 Å². The van der Waals surface area contributed by atoms with Gasteiger partial charge in [0.2, 0.25) is 5.91 Å². The number of anilines is 1. The molecule has 4 N–H and O–H groups in total. The second-order valence-electron chi connectivity index (χ2n) is 8.50. The minimum Gasteiger partial charge on any atom is -0.356 e. The van der Waals surface area contributed by atoms with E-state index in [9.17, 15) is 4.79 Å². The van der Waals surface area contributed by atoms with Crippen LogP contribution in [0.2, 0.25) is 0 Å². The first-order valence-corrected chi connectivity index (χ1v) is 10.5. The van der Waals surface area contributed by atoms with Gasteiger partial charge in [0.1, 0.15) is 0 Å². The molecule has 0 fully saturated rings. The molecule has 1 aliphatic rings. The van der Waals surface area contributed by atoms with Crippen molar-refractivity contribution < 1.29 is 4.79 Å². The van der Waals surface area contributed by atoms with Crippen molar-refractivity contribution in [2.45, 2.75) is 44.7 Å². The van der Waals surface area contributed by atoms with Crippen LogP contribution in [0.3, 0.4) is 0 Å². The molecule has 0 spiro atoms. The zero-order chi connectivity index (χ0) is 21.6. The van der Waals surface area contributed by atoms with Crippen molar-refractivity contribution in [2.24, 2.45) is 4.99 Å². The van der Waals surface area contributed by atoms with Gasteiger partial charge in [-0.2, -0.15) is 0 Å². The van der Waals surface area contributed by atoms with Crippen LogP contribution in [0.4, 0.5) is 5.69 Å². The van der Waals surface area contributed by atoms with E-state index in [4.69, 9.17) is 0 Å². The number of guanidine groups is 1. The van der Waals surface area contributed by atoms with Gasteiger partial charge >= 0.3 is 0 Å². The lowest BCUT2D eigenvalue weighted by Crippen LogP contribution is -2.52. The van der Waals surface area contributed by atoms with Gasteiger partial charge < -0.3 is 21.3 Å². The molecule has 2 aromatic rings. The lowest BCUT2D eigenvalue weighted by Gasteiger charge is -2.32. The zero-order valence-corrected chi connectivity index (χ0v) is 18.3. The molecule has 0 aromatic heterocycles. The van der Waals surface area contributed by atoms with Crippen molar-refractivity contribution in [2.75, 3.05) is 25.5 Å². The zero-order valence-electron chi connectivity index (χ0n) is 18.3. The van der Waals surface area contributed by atoms with Crippen molar-refractivity contribution in [3.8, 4) is 0 Å². The number of benzene rings is 2. The lowest BCUT2D eigenvalue weighted by atomic mass is 9.90. The number of para-hydroxylation sites is 1. The molecule has 0 aliphatic carbocycles. The number of hydrogen-bond acceptors (Lipinski definition) is 3. The fourth-order valence-electron chi connectivity index (χ4n) is 3.89. The van der Waals surface area contributed by atoms with Gasteiger partial charge in [0.05, 0.1) is 0 Å². The Morgan fingerprint density at radius 2 is 1.83 bits per heavy atom. The number of carbonyl (C=O) groups excluding carboxylic acids is 1. The summed E-state index contributed by atoms with van der Waals surface area (Å²) in [4.78, 5) is 16.4. The summed E-state index contributed by atoms with van der Waals surface area (Å²) >= 11 is 0.